The average molecular weight is 288 g/mol. The smallest absolute Gasteiger partial charge is 0.290 e. The van der Waals surface area contributed by atoms with Crippen LogP contribution in [-0.4, -0.2) is 62.1 Å². The van der Waals surface area contributed by atoms with E-state index < -0.39 is 0 Å². The Hall–Kier alpha value is -1.85. The van der Waals surface area contributed by atoms with Gasteiger partial charge in [-0.3, -0.25) is 4.79 Å². The van der Waals surface area contributed by atoms with Crippen molar-refractivity contribution in [3.8, 4) is 0 Å². The zero-order valence-corrected chi connectivity index (χ0v) is 12.4. The molecule has 21 heavy (non-hydrogen) atoms. The molecule has 2 aromatic rings. The molecule has 2 heterocycles. The maximum atomic E-state index is 12.7. The topological polar surface area (TPSA) is 45.9 Å². The van der Waals surface area contributed by atoms with E-state index in [4.69, 9.17) is 9.15 Å². The lowest BCUT2D eigenvalue weighted by Gasteiger charge is -2.36. The Morgan fingerprint density at radius 3 is 2.95 bits per heavy atom. The minimum atomic E-state index is -0.0543. The summed E-state index contributed by atoms with van der Waals surface area (Å²) in [4.78, 5) is 16.6. The first-order valence-electron chi connectivity index (χ1n) is 7.17. The van der Waals surface area contributed by atoms with E-state index in [1.54, 1.807) is 0 Å². The number of hydrogen-bond donors (Lipinski definition) is 0. The van der Waals surface area contributed by atoms with Gasteiger partial charge in [0, 0.05) is 18.5 Å². The van der Waals surface area contributed by atoms with Crippen LogP contribution in [-0.2, 0) is 4.74 Å². The number of benzene rings is 1. The molecular formula is C16H20N2O3. The summed E-state index contributed by atoms with van der Waals surface area (Å²) < 4.78 is 11.2. The molecule has 3 rings (SSSR count). The number of amides is 1. The van der Waals surface area contributed by atoms with Gasteiger partial charge in [0.05, 0.1) is 19.3 Å². The van der Waals surface area contributed by atoms with Gasteiger partial charge in [0.25, 0.3) is 5.91 Å². The Kier molecular flexibility index (Phi) is 3.94. The quantitative estimate of drug-likeness (QED) is 0.864. The van der Waals surface area contributed by atoms with Gasteiger partial charge < -0.3 is 19.0 Å². The third kappa shape index (κ3) is 2.94. The normalized spacial score (nSPS) is 19.4. The Bertz CT molecular complexity index is 602. The number of furan rings is 1. The van der Waals surface area contributed by atoms with E-state index in [1.165, 1.54) is 0 Å². The molecule has 1 amide bonds. The first kappa shape index (κ1) is 14.1. The van der Waals surface area contributed by atoms with Gasteiger partial charge in [-0.25, -0.2) is 0 Å². The molecule has 5 nitrogen and oxygen atoms in total. The van der Waals surface area contributed by atoms with E-state index in [2.05, 4.69) is 4.90 Å². The summed E-state index contributed by atoms with van der Waals surface area (Å²) >= 11 is 0. The van der Waals surface area contributed by atoms with Crippen molar-refractivity contribution < 1.29 is 13.9 Å². The van der Waals surface area contributed by atoms with Crippen molar-refractivity contribution >= 4 is 16.9 Å². The molecule has 1 aliphatic heterocycles. The maximum Gasteiger partial charge on any atom is 0.290 e. The van der Waals surface area contributed by atoms with Crippen molar-refractivity contribution in [2.75, 3.05) is 40.4 Å². The summed E-state index contributed by atoms with van der Waals surface area (Å²) in [6.45, 7) is 2.54. The molecule has 5 heteroatoms. The number of morpholine rings is 1. The highest BCUT2D eigenvalue weighted by Crippen LogP contribution is 2.21. The highest BCUT2D eigenvalue weighted by molar-refractivity contribution is 5.96. The van der Waals surface area contributed by atoms with Crippen molar-refractivity contribution in [3.63, 3.8) is 0 Å². The number of fused-ring (bicyclic) bond motifs is 1. The van der Waals surface area contributed by atoms with E-state index in [-0.39, 0.29) is 11.9 Å². The average Bonchev–Trinajstić information content (AvgIpc) is 2.90. The second kappa shape index (κ2) is 5.87. The molecule has 0 spiro atoms. The van der Waals surface area contributed by atoms with Gasteiger partial charge in [0.2, 0.25) is 0 Å². The van der Waals surface area contributed by atoms with Gasteiger partial charge in [-0.2, -0.15) is 0 Å². The second-order valence-electron chi connectivity index (χ2n) is 5.64. The molecule has 1 fully saturated rings. The Morgan fingerprint density at radius 1 is 1.38 bits per heavy atom. The van der Waals surface area contributed by atoms with Gasteiger partial charge in [-0.05, 0) is 26.2 Å². The van der Waals surface area contributed by atoms with E-state index in [1.807, 2.05) is 49.3 Å². The van der Waals surface area contributed by atoms with Crippen molar-refractivity contribution in [1.82, 2.24) is 9.80 Å². The van der Waals surface area contributed by atoms with Gasteiger partial charge in [-0.1, -0.05) is 18.2 Å². The molecule has 112 valence electrons. The SMILES string of the molecule is CN(C)C[C@@H]1COCCN1C(=O)c1cc2ccccc2o1. The molecule has 0 unspecified atom stereocenters. The highest BCUT2D eigenvalue weighted by atomic mass is 16.5. The molecule has 1 aliphatic rings. The largest absolute Gasteiger partial charge is 0.451 e. The van der Waals surface area contributed by atoms with Gasteiger partial charge >= 0.3 is 0 Å². The third-order valence-corrected chi connectivity index (χ3v) is 3.70. The molecule has 0 N–H and O–H groups in total. The lowest BCUT2D eigenvalue weighted by molar-refractivity contribution is -0.00965. The van der Waals surface area contributed by atoms with Crippen LogP contribution in [0.1, 0.15) is 10.6 Å². The number of carbonyl (C=O) groups is 1. The van der Waals surface area contributed by atoms with Crippen LogP contribution in [0.3, 0.4) is 0 Å². The molecular weight excluding hydrogens is 268 g/mol. The van der Waals surface area contributed by atoms with Crippen LogP contribution in [0.5, 0.6) is 0 Å². The number of ether oxygens (including phenoxy) is 1. The van der Waals surface area contributed by atoms with Crippen molar-refractivity contribution in [2.24, 2.45) is 0 Å². The first-order chi connectivity index (χ1) is 10.1. The van der Waals surface area contributed by atoms with E-state index in [0.29, 0.717) is 25.5 Å². The van der Waals surface area contributed by atoms with Crippen molar-refractivity contribution in [1.29, 1.82) is 0 Å². The fourth-order valence-electron chi connectivity index (χ4n) is 2.72. The van der Waals surface area contributed by atoms with Crippen molar-refractivity contribution in [2.45, 2.75) is 6.04 Å². The van der Waals surface area contributed by atoms with Crippen LogP contribution < -0.4 is 0 Å². The lowest BCUT2D eigenvalue weighted by atomic mass is 10.2. The zero-order valence-electron chi connectivity index (χ0n) is 12.4. The number of nitrogens with zero attached hydrogens (tertiary/aromatic N) is 2. The molecule has 0 aliphatic carbocycles. The van der Waals surface area contributed by atoms with Gasteiger partial charge in [0.15, 0.2) is 5.76 Å². The van der Waals surface area contributed by atoms with Gasteiger partial charge in [-0.15, -0.1) is 0 Å². The molecule has 0 bridgehead atoms. The van der Waals surface area contributed by atoms with Crippen LogP contribution in [0.15, 0.2) is 34.7 Å². The molecule has 1 atom stereocenters. The summed E-state index contributed by atoms with van der Waals surface area (Å²) in [6, 6.07) is 9.56. The number of carbonyl (C=O) groups excluding carboxylic acids is 1. The molecule has 1 saturated heterocycles. The fraction of sp³-hybridized carbons (Fsp3) is 0.438. The third-order valence-electron chi connectivity index (χ3n) is 3.70. The summed E-state index contributed by atoms with van der Waals surface area (Å²) in [5, 5.41) is 0.957. The minimum absolute atomic E-state index is 0.0543. The van der Waals surface area contributed by atoms with Crippen LogP contribution in [0.2, 0.25) is 0 Å². The van der Waals surface area contributed by atoms with Gasteiger partial charge in [0.1, 0.15) is 5.58 Å². The lowest BCUT2D eigenvalue weighted by Crippen LogP contribution is -2.52. The first-order valence-corrected chi connectivity index (χ1v) is 7.17. The molecule has 0 radical (unpaired) electrons. The number of hydrogen-bond acceptors (Lipinski definition) is 4. The predicted molar refractivity (Wildman–Crippen MR) is 80.4 cm³/mol. The monoisotopic (exact) mass is 288 g/mol. The van der Waals surface area contributed by atoms with E-state index in [9.17, 15) is 4.79 Å². The Labute approximate surface area is 124 Å². The Balaban J connectivity index is 1.84. The summed E-state index contributed by atoms with van der Waals surface area (Å²) in [6.07, 6.45) is 0. The molecule has 1 aromatic heterocycles. The van der Waals surface area contributed by atoms with Crippen LogP contribution in [0.4, 0.5) is 0 Å². The summed E-state index contributed by atoms with van der Waals surface area (Å²) in [5.41, 5.74) is 0.748. The maximum absolute atomic E-state index is 12.7. The zero-order chi connectivity index (χ0) is 14.8. The number of para-hydroxylation sites is 1. The van der Waals surface area contributed by atoms with E-state index >= 15 is 0 Å². The summed E-state index contributed by atoms with van der Waals surface area (Å²) in [7, 11) is 4.00. The number of likely N-dealkylation sites (N-methyl/N-ethyl adjacent to an activating group) is 1. The molecule has 0 saturated carbocycles. The number of rotatable bonds is 3. The molecule has 1 aromatic carbocycles. The fourth-order valence-corrected chi connectivity index (χ4v) is 2.72. The Morgan fingerprint density at radius 2 is 2.19 bits per heavy atom. The highest BCUT2D eigenvalue weighted by Gasteiger charge is 2.30. The second-order valence-corrected chi connectivity index (χ2v) is 5.64. The van der Waals surface area contributed by atoms with Crippen LogP contribution >= 0.6 is 0 Å². The van der Waals surface area contributed by atoms with Crippen molar-refractivity contribution in [3.05, 3.63) is 36.1 Å². The summed E-state index contributed by atoms with van der Waals surface area (Å²) in [5.74, 6) is 0.350. The van der Waals surface area contributed by atoms with E-state index in [0.717, 1.165) is 17.5 Å². The predicted octanol–water partition coefficient (Wildman–Crippen LogP) is 1.84. The van der Waals surface area contributed by atoms with Crippen LogP contribution in [0, 0.1) is 0 Å². The minimum Gasteiger partial charge on any atom is -0.451 e. The standard InChI is InChI=1S/C16H20N2O3/c1-17(2)10-13-11-20-8-7-18(13)16(19)15-9-12-5-3-4-6-14(12)21-15/h3-6,9,13H,7-8,10-11H2,1-2H3/t13-/m1/s1. The van der Waals surface area contributed by atoms with Crippen LogP contribution in [0.25, 0.3) is 11.0 Å².